The highest BCUT2D eigenvalue weighted by atomic mass is 15.0. The van der Waals surface area contributed by atoms with Gasteiger partial charge in [0, 0.05) is 18.0 Å². The topological polar surface area (TPSA) is 12.0 Å². The van der Waals surface area contributed by atoms with Crippen molar-refractivity contribution in [2.75, 3.05) is 0 Å². The summed E-state index contributed by atoms with van der Waals surface area (Å²) in [7, 11) is 0. The van der Waals surface area contributed by atoms with E-state index in [1.54, 1.807) is 5.56 Å². The van der Waals surface area contributed by atoms with Gasteiger partial charge in [-0.05, 0) is 36.2 Å². The third-order valence-corrected chi connectivity index (χ3v) is 5.16. The maximum Gasteiger partial charge on any atom is 0.0147 e. The van der Waals surface area contributed by atoms with Crippen LogP contribution in [0.5, 0.6) is 0 Å². The van der Waals surface area contributed by atoms with Crippen LogP contribution < -0.4 is 5.32 Å². The molecule has 0 radical (unpaired) electrons. The summed E-state index contributed by atoms with van der Waals surface area (Å²) < 4.78 is 0. The van der Waals surface area contributed by atoms with E-state index in [4.69, 9.17) is 0 Å². The van der Waals surface area contributed by atoms with Gasteiger partial charge in [-0.25, -0.2) is 0 Å². The molecule has 1 heterocycles. The van der Waals surface area contributed by atoms with Gasteiger partial charge in [0.2, 0.25) is 0 Å². The van der Waals surface area contributed by atoms with Crippen molar-refractivity contribution in [1.82, 2.24) is 5.32 Å². The Hall–Kier alpha value is -0.820. The van der Waals surface area contributed by atoms with Crippen molar-refractivity contribution in [3.05, 3.63) is 35.9 Å². The summed E-state index contributed by atoms with van der Waals surface area (Å²) in [5, 5.41) is 4.00. The molecule has 110 valence electrons. The van der Waals surface area contributed by atoms with Gasteiger partial charge in [-0.2, -0.15) is 0 Å². The molecule has 3 rings (SSSR count). The van der Waals surface area contributed by atoms with E-state index in [1.807, 2.05) is 0 Å². The Kier molecular flexibility index (Phi) is 3.90. The highest BCUT2D eigenvalue weighted by Gasteiger charge is 2.44. The van der Waals surface area contributed by atoms with Crippen molar-refractivity contribution in [2.45, 2.75) is 70.9 Å². The molecule has 20 heavy (non-hydrogen) atoms. The molecule has 1 N–H and O–H groups in total. The summed E-state index contributed by atoms with van der Waals surface area (Å²) >= 11 is 0. The first-order valence-electron chi connectivity index (χ1n) is 8.36. The molecule has 1 saturated heterocycles. The summed E-state index contributed by atoms with van der Waals surface area (Å²) in [6.45, 7) is 7.12. The van der Waals surface area contributed by atoms with Crippen LogP contribution in [0.1, 0.15) is 64.4 Å². The molecule has 1 aromatic carbocycles. The Labute approximate surface area is 124 Å². The van der Waals surface area contributed by atoms with E-state index >= 15 is 0 Å². The molecule has 4 unspecified atom stereocenters. The summed E-state index contributed by atoms with van der Waals surface area (Å²) in [5.41, 5.74) is 1.96. The van der Waals surface area contributed by atoms with Gasteiger partial charge in [0.05, 0.1) is 0 Å². The first-order chi connectivity index (χ1) is 9.54. The van der Waals surface area contributed by atoms with Crippen LogP contribution in [0.15, 0.2) is 30.3 Å². The maximum absolute atomic E-state index is 4.00. The van der Waals surface area contributed by atoms with Crippen LogP contribution in [-0.4, -0.2) is 12.1 Å². The number of hydrogen-bond donors (Lipinski definition) is 1. The Morgan fingerprint density at radius 3 is 2.45 bits per heavy atom. The van der Waals surface area contributed by atoms with Crippen LogP contribution >= 0.6 is 0 Å². The lowest BCUT2D eigenvalue weighted by atomic mass is 9.73. The quantitative estimate of drug-likeness (QED) is 0.819. The number of fused-ring (bicyclic) bond motifs is 1. The van der Waals surface area contributed by atoms with Crippen molar-refractivity contribution in [3.63, 3.8) is 0 Å². The van der Waals surface area contributed by atoms with Gasteiger partial charge in [0.15, 0.2) is 0 Å². The predicted molar refractivity (Wildman–Crippen MR) is 85.9 cm³/mol. The average molecular weight is 271 g/mol. The van der Waals surface area contributed by atoms with E-state index < -0.39 is 0 Å². The van der Waals surface area contributed by atoms with E-state index in [0.29, 0.717) is 11.5 Å². The normalized spacial score (nSPS) is 34.0. The minimum Gasteiger partial charge on any atom is -0.310 e. The molecule has 1 heteroatoms. The van der Waals surface area contributed by atoms with Crippen molar-refractivity contribution < 1.29 is 0 Å². The molecule has 0 amide bonds. The van der Waals surface area contributed by atoms with Crippen molar-refractivity contribution >= 4 is 0 Å². The number of rotatable bonds is 2. The highest BCUT2D eigenvalue weighted by molar-refractivity contribution is 5.25. The third kappa shape index (κ3) is 2.93. The van der Waals surface area contributed by atoms with E-state index in [1.165, 1.54) is 32.1 Å². The van der Waals surface area contributed by atoms with Gasteiger partial charge in [-0.3, -0.25) is 0 Å². The lowest BCUT2D eigenvalue weighted by Crippen LogP contribution is -2.35. The summed E-state index contributed by atoms with van der Waals surface area (Å²) in [5.74, 6) is 1.58. The Bertz CT molecular complexity index is 431. The van der Waals surface area contributed by atoms with Gasteiger partial charge in [0.25, 0.3) is 0 Å². The second-order valence-corrected chi connectivity index (χ2v) is 8.03. The summed E-state index contributed by atoms with van der Waals surface area (Å²) in [4.78, 5) is 0. The van der Waals surface area contributed by atoms with Crippen molar-refractivity contribution in [1.29, 1.82) is 0 Å². The SMILES string of the molecule is CC(C)(C)CC1NC2CCCCC2C1c1ccccc1. The molecule has 0 aromatic heterocycles. The second kappa shape index (κ2) is 5.52. The molecule has 1 aliphatic heterocycles. The highest BCUT2D eigenvalue weighted by Crippen LogP contribution is 2.46. The predicted octanol–water partition coefficient (Wildman–Crippen LogP) is 4.74. The molecular formula is C19H29N. The minimum absolute atomic E-state index is 0.401. The van der Waals surface area contributed by atoms with E-state index in [9.17, 15) is 0 Å². The first kappa shape index (κ1) is 14.1. The van der Waals surface area contributed by atoms with Crippen molar-refractivity contribution in [3.8, 4) is 0 Å². The Morgan fingerprint density at radius 1 is 1.05 bits per heavy atom. The molecule has 1 aromatic rings. The molecule has 1 saturated carbocycles. The summed E-state index contributed by atoms with van der Waals surface area (Å²) in [6.07, 6.45) is 6.92. The van der Waals surface area contributed by atoms with Crippen LogP contribution in [-0.2, 0) is 0 Å². The number of benzene rings is 1. The monoisotopic (exact) mass is 271 g/mol. The largest absolute Gasteiger partial charge is 0.310 e. The molecule has 4 atom stereocenters. The molecule has 1 aliphatic carbocycles. The van der Waals surface area contributed by atoms with Gasteiger partial charge in [-0.15, -0.1) is 0 Å². The zero-order valence-electron chi connectivity index (χ0n) is 13.2. The van der Waals surface area contributed by atoms with Gasteiger partial charge >= 0.3 is 0 Å². The lowest BCUT2D eigenvalue weighted by Gasteiger charge is -2.31. The van der Waals surface area contributed by atoms with E-state index in [0.717, 1.165) is 17.9 Å². The standard InChI is InChI=1S/C19H29N/c1-19(2,3)13-17-18(14-9-5-4-6-10-14)15-11-7-8-12-16(15)20-17/h4-6,9-10,15-18,20H,7-8,11-13H2,1-3H3. The fourth-order valence-electron chi connectivity index (χ4n) is 4.47. The lowest BCUT2D eigenvalue weighted by molar-refractivity contribution is 0.296. The van der Waals surface area contributed by atoms with Crippen LogP contribution in [0.25, 0.3) is 0 Å². The minimum atomic E-state index is 0.401. The molecule has 2 aliphatic rings. The first-order valence-corrected chi connectivity index (χ1v) is 8.36. The Morgan fingerprint density at radius 2 is 1.75 bits per heavy atom. The van der Waals surface area contributed by atoms with E-state index in [-0.39, 0.29) is 0 Å². The molecule has 0 bridgehead atoms. The van der Waals surface area contributed by atoms with Gasteiger partial charge < -0.3 is 5.32 Å². The second-order valence-electron chi connectivity index (χ2n) is 8.03. The van der Waals surface area contributed by atoms with Crippen molar-refractivity contribution in [2.24, 2.45) is 11.3 Å². The fraction of sp³-hybridized carbons (Fsp3) is 0.684. The van der Waals surface area contributed by atoms with Crippen LogP contribution in [0.4, 0.5) is 0 Å². The number of nitrogens with one attached hydrogen (secondary N) is 1. The van der Waals surface area contributed by atoms with Gasteiger partial charge in [0.1, 0.15) is 0 Å². The maximum atomic E-state index is 4.00. The van der Waals surface area contributed by atoms with Crippen LogP contribution in [0.3, 0.4) is 0 Å². The number of hydrogen-bond acceptors (Lipinski definition) is 1. The fourth-order valence-corrected chi connectivity index (χ4v) is 4.47. The smallest absolute Gasteiger partial charge is 0.0147 e. The molecule has 0 spiro atoms. The zero-order chi connectivity index (χ0) is 14.2. The summed E-state index contributed by atoms with van der Waals surface area (Å²) in [6, 6.07) is 12.7. The van der Waals surface area contributed by atoms with E-state index in [2.05, 4.69) is 56.4 Å². The van der Waals surface area contributed by atoms with Gasteiger partial charge in [-0.1, -0.05) is 63.9 Å². The van der Waals surface area contributed by atoms with Crippen LogP contribution in [0, 0.1) is 11.3 Å². The Balaban J connectivity index is 1.88. The third-order valence-electron chi connectivity index (χ3n) is 5.16. The average Bonchev–Trinajstić information content (AvgIpc) is 2.75. The van der Waals surface area contributed by atoms with Crippen LogP contribution in [0.2, 0.25) is 0 Å². The molecule has 1 nitrogen and oxygen atoms in total. The molecule has 2 fully saturated rings. The zero-order valence-corrected chi connectivity index (χ0v) is 13.2. The molecular weight excluding hydrogens is 242 g/mol.